The van der Waals surface area contributed by atoms with Crippen molar-refractivity contribution in [3.8, 4) is 0 Å². The van der Waals surface area contributed by atoms with Gasteiger partial charge in [-0.2, -0.15) is 4.31 Å². The van der Waals surface area contributed by atoms with Crippen molar-refractivity contribution < 1.29 is 8.42 Å². The van der Waals surface area contributed by atoms with Gasteiger partial charge in [-0.1, -0.05) is 26.0 Å². The van der Waals surface area contributed by atoms with Gasteiger partial charge in [0.15, 0.2) is 0 Å². The molecule has 0 aliphatic rings. The van der Waals surface area contributed by atoms with Crippen LogP contribution in [0.4, 0.5) is 0 Å². The van der Waals surface area contributed by atoms with Crippen molar-refractivity contribution in [3.05, 3.63) is 29.8 Å². The summed E-state index contributed by atoms with van der Waals surface area (Å²) in [6, 6.07) is 7.04. The van der Waals surface area contributed by atoms with Gasteiger partial charge in [0, 0.05) is 13.1 Å². The summed E-state index contributed by atoms with van der Waals surface area (Å²) in [5, 5.41) is 0. The predicted octanol–water partition coefficient (Wildman–Crippen LogP) is 1.99. The zero-order valence-corrected chi connectivity index (χ0v) is 12.8. The van der Waals surface area contributed by atoms with Gasteiger partial charge in [0.2, 0.25) is 10.0 Å². The Bertz CT molecular complexity index is 498. The molecule has 1 aromatic rings. The molecule has 1 aromatic carbocycles. The molecule has 0 heterocycles. The van der Waals surface area contributed by atoms with Crippen molar-refractivity contribution in [2.45, 2.75) is 32.1 Å². The topological polar surface area (TPSA) is 63.4 Å². The number of nitrogens with two attached hydrogens (primary N) is 1. The molecule has 108 valence electrons. The van der Waals surface area contributed by atoms with Crippen molar-refractivity contribution in [2.24, 2.45) is 11.7 Å². The third-order valence-electron chi connectivity index (χ3n) is 2.81. The van der Waals surface area contributed by atoms with E-state index in [4.69, 9.17) is 5.73 Å². The van der Waals surface area contributed by atoms with Gasteiger partial charge >= 0.3 is 0 Å². The van der Waals surface area contributed by atoms with Gasteiger partial charge in [-0.3, -0.25) is 0 Å². The Balaban J connectivity index is 3.04. The lowest BCUT2D eigenvalue weighted by atomic mass is 10.2. The van der Waals surface area contributed by atoms with Crippen LogP contribution >= 0.6 is 0 Å². The average molecular weight is 284 g/mol. The third-order valence-corrected chi connectivity index (χ3v) is 4.67. The highest BCUT2D eigenvalue weighted by atomic mass is 32.2. The third kappa shape index (κ3) is 4.60. The summed E-state index contributed by atoms with van der Waals surface area (Å²) in [6.07, 6.45) is 0.678. The quantitative estimate of drug-likeness (QED) is 0.833. The highest BCUT2D eigenvalue weighted by Crippen LogP contribution is 2.18. The van der Waals surface area contributed by atoms with Crippen LogP contribution in [0.2, 0.25) is 0 Å². The van der Waals surface area contributed by atoms with Gasteiger partial charge in [0.25, 0.3) is 0 Å². The van der Waals surface area contributed by atoms with Gasteiger partial charge < -0.3 is 5.73 Å². The molecule has 4 nitrogen and oxygen atoms in total. The number of rotatable bonds is 7. The van der Waals surface area contributed by atoms with Gasteiger partial charge in [-0.15, -0.1) is 0 Å². The standard InChI is InChI=1S/C14H24N2O2S/c1-12(2)11-16(9-5-8-15)19(17,18)14-7-4-6-13(3)10-14/h4,6-7,10,12H,5,8-9,11,15H2,1-3H3. The van der Waals surface area contributed by atoms with E-state index >= 15 is 0 Å². The van der Waals surface area contributed by atoms with E-state index < -0.39 is 10.0 Å². The van der Waals surface area contributed by atoms with E-state index in [-0.39, 0.29) is 5.92 Å². The Kier molecular flexibility index (Phi) is 5.97. The van der Waals surface area contributed by atoms with Gasteiger partial charge in [0.05, 0.1) is 4.90 Å². The van der Waals surface area contributed by atoms with Gasteiger partial charge in [-0.25, -0.2) is 8.42 Å². The van der Waals surface area contributed by atoms with E-state index in [1.165, 1.54) is 0 Å². The molecule has 0 aromatic heterocycles. The lowest BCUT2D eigenvalue weighted by Gasteiger charge is -2.24. The molecule has 2 N–H and O–H groups in total. The molecule has 0 aliphatic carbocycles. The maximum atomic E-state index is 12.6. The van der Waals surface area contributed by atoms with E-state index in [2.05, 4.69) is 0 Å². The number of benzene rings is 1. The smallest absolute Gasteiger partial charge is 0.243 e. The normalized spacial score (nSPS) is 12.3. The van der Waals surface area contributed by atoms with E-state index in [0.717, 1.165) is 5.56 Å². The fraction of sp³-hybridized carbons (Fsp3) is 0.571. The molecule has 0 aliphatic heterocycles. The Hall–Kier alpha value is -0.910. The van der Waals surface area contributed by atoms with Crippen LogP contribution in [0, 0.1) is 12.8 Å². The van der Waals surface area contributed by atoms with Crippen LogP contribution < -0.4 is 5.73 Å². The van der Waals surface area contributed by atoms with Gasteiger partial charge in [-0.05, 0) is 43.5 Å². The molecule has 0 saturated heterocycles. The first-order valence-electron chi connectivity index (χ1n) is 6.65. The number of sulfonamides is 1. The van der Waals surface area contributed by atoms with Crippen molar-refractivity contribution in [2.75, 3.05) is 19.6 Å². The largest absolute Gasteiger partial charge is 0.330 e. The second-order valence-electron chi connectivity index (χ2n) is 5.22. The molecule has 0 fully saturated rings. The summed E-state index contributed by atoms with van der Waals surface area (Å²) in [4.78, 5) is 0.366. The molecule has 0 bridgehead atoms. The zero-order chi connectivity index (χ0) is 14.5. The molecule has 1 rings (SSSR count). The minimum Gasteiger partial charge on any atom is -0.330 e. The summed E-state index contributed by atoms with van der Waals surface area (Å²) in [5.74, 6) is 0.289. The Morgan fingerprint density at radius 2 is 2.00 bits per heavy atom. The zero-order valence-electron chi connectivity index (χ0n) is 12.0. The predicted molar refractivity (Wildman–Crippen MR) is 78.4 cm³/mol. The highest BCUT2D eigenvalue weighted by Gasteiger charge is 2.24. The maximum Gasteiger partial charge on any atom is 0.243 e. The molecule has 0 saturated carbocycles. The number of nitrogens with zero attached hydrogens (tertiary/aromatic N) is 1. The van der Waals surface area contributed by atoms with Crippen LogP contribution in [0.5, 0.6) is 0 Å². The van der Waals surface area contributed by atoms with Crippen LogP contribution in [-0.4, -0.2) is 32.4 Å². The Morgan fingerprint density at radius 3 is 2.53 bits per heavy atom. The lowest BCUT2D eigenvalue weighted by molar-refractivity contribution is 0.364. The van der Waals surface area contributed by atoms with Crippen LogP contribution in [0.1, 0.15) is 25.8 Å². The van der Waals surface area contributed by atoms with E-state index in [1.807, 2.05) is 26.8 Å². The summed E-state index contributed by atoms with van der Waals surface area (Å²) in [5.41, 5.74) is 6.44. The molecule has 19 heavy (non-hydrogen) atoms. The first kappa shape index (κ1) is 16.1. The van der Waals surface area contributed by atoms with Crippen molar-refractivity contribution in [1.82, 2.24) is 4.31 Å². The fourth-order valence-electron chi connectivity index (χ4n) is 1.91. The summed E-state index contributed by atoms with van der Waals surface area (Å²) >= 11 is 0. The monoisotopic (exact) mass is 284 g/mol. The van der Waals surface area contributed by atoms with E-state index in [0.29, 0.717) is 31.0 Å². The molecule has 0 radical (unpaired) electrons. The van der Waals surface area contributed by atoms with Crippen molar-refractivity contribution in [3.63, 3.8) is 0 Å². The summed E-state index contributed by atoms with van der Waals surface area (Å²) in [7, 11) is -3.41. The molecule has 0 atom stereocenters. The molecule has 0 unspecified atom stereocenters. The second kappa shape index (κ2) is 7.03. The maximum absolute atomic E-state index is 12.6. The fourth-order valence-corrected chi connectivity index (χ4v) is 3.66. The van der Waals surface area contributed by atoms with Crippen molar-refractivity contribution >= 4 is 10.0 Å². The molecular weight excluding hydrogens is 260 g/mol. The number of aryl methyl sites for hydroxylation is 1. The summed E-state index contributed by atoms with van der Waals surface area (Å²) in [6.45, 7) is 7.42. The van der Waals surface area contributed by atoms with Crippen LogP contribution in [-0.2, 0) is 10.0 Å². The van der Waals surface area contributed by atoms with E-state index in [9.17, 15) is 8.42 Å². The number of hydrogen-bond donors (Lipinski definition) is 1. The van der Waals surface area contributed by atoms with Gasteiger partial charge in [0.1, 0.15) is 0 Å². The Morgan fingerprint density at radius 1 is 1.32 bits per heavy atom. The first-order chi connectivity index (χ1) is 8.87. The second-order valence-corrected chi connectivity index (χ2v) is 7.15. The lowest BCUT2D eigenvalue weighted by Crippen LogP contribution is -2.35. The number of hydrogen-bond acceptors (Lipinski definition) is 3. The van der Waals surface area contributed by atoms with Crippen LogP contribution in [0.3, 0.4) is 0 Å². The van der Waals surface area contributed by atoms with E-state index in [1.54, 1.807) is 22.5 Å². The first-order valence-corrected chi connectivity index (χ1v) is 8.09. The minimum absolute atomic E-state index is 0.289. The summed E-state index contributed by atoms with van der Waals surface area (Å²) < 4.78 is 26.8. The minimum atomic E-state index is -3.41. The molecular formula is C14H24N2O2S. The molecule has 0 amide bonds. The highest BCUT2D eigenvalue weighted by molar-refractivity contribution is 7.89. The average Bonchev–Trinajstić information content (AvgIpc) is 2.34. The Labute approximate surface area is 116 Å². The van der Waals surface area contributed by atoms with Crippen LogP contribution in [0.25, 0.3) is 0 Å². The van der Waals surface area contributed by atoms with Crippen LogP contribution in [0.15, 0.2) is 29.2 Å². The van der Waals surface area contributed by atoms with Crippen molar-refractivity contribution in [1.29, 1.82) is 0 Å². The molecule has 5 heteroatoms. The molecule has 0 spiro atoms. The SMILES string of the molecule is Cc1cccc(S(=O)(=O)N(CCCN)CC(C)C)c1.